The Labute approximate surface area is 379 Å². The summed E-state index contributed by atoms with van der Waals surface area (Å²) >= 11 is 0. The van der Waals surface area contributed by atoms with Crippen molar-refractivity contribution in [1.82, 2.24) is 5.32 Å². The summed E-state index contributed by atoms with van der Waals surface area (Å²) in [7, 11) is 0. The van der Waals surface area contributed by atoms with Gasteiger partial charge in [0.1, 0.15) is 0 Å². The molecule has 1 amide bonds. The Morgan fingerprint density at radius 1 is 0.459 bits per heavy atom. The molecule has 0 aliphatic carbocycles. The highest BCUT2D eigenvalue weighted by molar-refractivity contribution is 5.76. The molecule has 0 aromatic heterocycles. The molecule has 0 fully saturated rings. The second-order valence-corrected chi connectivity index (χ2v) is 18.2. The molecule has 61 heavy (non-hydrogen) atoms. The fourth-order valence-electron chi connectivity index (χ4n) is 8.04. The normalized spacial score (nSPS) is 12.9. The molecule has 0 aliphatic rings. The van der Waals surface area contributed by atoms with Gasteiger partial charge in [0.2, 0.25) is 5.91 Å². The lowest BCUT2D eigenvalue weighted by Gasteiger charge is -2.22. The second-order valence-electron chi connectivity index (χ2n) is 18.2. The predicted octanol–water partition coefficient (Wildman–Crippen LogP) is 16.1. The summed E-state index contributed by atoms with van der Waals surface area (Å²) in [6.45, 7) is 4.88. The van der Waals surface area contributed by atoms with Gasteiger partial charge in [-0.2, -0.15) is 0 Å². The third-order valence-corrected chi connectivity index (χ3v) is 12.2. The van der Waals surface area contributed by atoms with Crippen LogP contribution in [-0.4, -0.2) is 47.4 Å². The van der Waals surface area contributed by atoms with Crippen molar-refractivity contribution in [2.45, 2.75) is 289 Å². The van der Waals surface area contributed by atoms with Gasteiger partial charge in [-0.15, -0.1) is 0 Å². The number of aliphatic hydroxyl groups is 2. The number of hydrogen-bond acceptors (Lipinski definition) is 5. The topological polar surface area (TPSA) is 95.9 Å². The molecule has 6 nitrogen and oxygen atoms in total. The SMILES string of the molecule is CCCCCCC/C=C\CCCCCCCC(=O)OCCCCCCCC/C=C\C/C=C\CCC(=O)NC(CO)C(O)CCCCCCCCCCCCCCCCCCC. The van der Waals surface area contributed by atoms with E-state index in [0.717, 1.165) is 51.4 Å². The van der Waals surface area contributed by atoms with Crippen LogP contribution in [0.1, 0.15) is 277 Å². The fourth-order valence-corrected chi connectivity index (χ4v) is 8.04. The Bertz CT molecular complexity index is 993. The van der Waals surface area contributed by atoms with Crippen LogP contribution in [0.2, 0.25) is 0 Å². The van der Waals surface area contributed by atoms with E-state index in [4.69, 9.17) is 4.74 Å². The van der Waals surface area contributed by atoms with Crippen molar-refractivity contribution < 1.29 is 24.5 Å². The number of carbonyl (C=O) groups excluding carboxylic acids is 2. The van der Waals surface area contributed by atoms with Gasteiger partial charge >= 0.3 is 5.97 Å². The maximum atomic E-state index is 12.4. The van der Waals surface area contributed by atoms with Crippen LogP contribution in [0.4, 0.5) is 0 Å². The van der Waals surface area contributed by atoms with Crippen molar-refractivity contribution >= 4 is 11.9 Å². The molecule has 6 heteroatoms. The summed E-state index contributed by atoms with van der Waals surface area (Å²) in [5.74, 6) is -0.141. The van der Waals surface area contributed by atoms with E-state index < -0.39 is 12.1 Å². The molecule has 0 radical (unpaired) electrons. The van der Waals surface area contributed by atoms with Crippen LogP contribution in [0.15, 0.2) is 36.5 Å². The standard InChI is InChI=1S/C55H103NO5/c1-3-5-7-9-11-13-15-17-19-20-21-23-27-31-35-39-43-47-53(58)52(51-57)56-54(59)48-44-40-36-32-28-24-22-26-30-34-38-42-46-50-61-55(60)49-45-41-37-33-29-25-18-16-14-12-10-8-6-4-2/h16,18,24,28,36,40,52-53,57-58H,3-15,17,19-23,25-27,29-35,37-39,41-51H2,1-2H3,(H,56,59)/b18-16-,28-24-,40-36-. The number of carbonyl (C=O) groups is 2. The molecule has 0 aromatic rings. The summed E-state index contributed by atoms with van der Waals surface area (Å²) in [5, 5.41) is 23.2. The molecule has 0 bridgehead atoms. The van der Waals surface area contributed by atoms with Gasteiger partial charge in [-0.1, -0.05) is 230 Å². The van der Waals surface area contributed by atoms with Crippen molar-refractivity contribution in [1.29, 1.82) is 0 Å². The maximum Gasteiger partial charge on any atom is 0.305 e. The number of allylic oxidation sites excluding steroid dienone is 6. The zero-order valence-corrected chi connectivity index (χ0v) is 40.6. The van der Waals surface area contributed by atoms with Gasteiger partial charge in [0.15, 0.2) is 0 Å². The minimum atomic E-state index is -0.699. The highest BCUT2D eigenvalue weighted by Crippen LogP contribution is 2.16. The van der Waals surface area contributed by atoms with Crippen LogP contribution < -0.4 is 5.32 Å². The van der Waals surface area contributed by atoms with E-state index >= 15 is 0 Å². The Kier molecular flexibility index (Phi) is 49.1. The summed E-state index contributed by atoms with van der Waals surface area (Å²) in [4.78, 5) is 24.4. The summed E-state index contributed by atoms with van der Waals surface area (Å²) < 4.78 is 5.44. The fraction of sp³-hybridized carbons (Fsp3) is 0.855. The highest BCUT2D eigenvalue weighted by Gasteiger charge is 2.19. The first-order valence-electron chi connectivity index (χ1n) is 26.7. The van der Waals surface area contributed by atoms with Crippen molar-refractivity contribution in [3.05, 3.63) is 36.5 Å². The average Bonchev–Trinajstić information content (AvgIpc) is 3.26. The molecule has 2 atom stereocenters. The van der Waals surface area contributed by atoms with Crippen molar-refractivity contribution in [3.8, 4) is 0 Å². The van der Waals surface area contributed by atoms with Gasteiger partial charge in [-0.05, 0) is 70.6 Å². The largest absolute Gasteiger partial charge is 0.466 e. The average molecular weight is 858 g/mol. The lowest BCUT2D eigenvalue weighted by Crippen LogP contribution is -2.45. The molecule has 0 aliphatic heterocycles. The number of ether oxygens (including phenoxy) is 1. The van der Waals surface area contributed by atoms with Crippen LogP contribution in [0.25, 0.3) is 0 Å². The molecular weight excluding hydrogens is 755 g/mol. The third kappa shape index (κ3) is 47.4. The zero-order valence-electron chi connectivity index (χ0n) is 40.6. The molecule has 3 N–H and O–H groups in total. The minimum Gasteiger partial charge on any atom is -0.466 e. The Hall–Kier alpha value is -1.92. The lowest BCUT2D eigenvalue weighted by molar-refractivity contribution is -0.143. The van der Waals surface area contributed by atoms with E-state index in [1.54, 1.807) is 0 Å². The van der Waals surface area contributed by atoms with Gasteiger partial charge in [-0.3, -0.25) is 9.59 Å². The van der Waals surface area contributed by atoms with E-state index in [-0.39, 0.29) is 18.5 Å². The quantitative estimate of drug-likeness (QED) is 0.0322. The smallest absolute Gasteiger partial charge is 0.305 e. The predicted molar refractivity (Wildman–Crippen MR) is 264 cm³/mol. The third-order valence-electron chi connectivity index (χ3n) is 12.2. The molecular formula is C55H103NO5. The first-order chi connectivity index (χ1) is 30.0. The van der Waals surface area contributed by atoms with Crippen LogP contribution in [0.5, 0.6) is 0 Å². The number of amides is 1. The monoisotopic (exact) mass is 858 g/mol. The molecule has 358 valence electrons. The van der Waals surface area contributed by atoms with Crippen LogP contribution >= 0.6 is 0 Å². The van der Waals surface area contributed by atoms with Gasteiger partial charge in [0.05, 0.1) is 25.4 Å². The second kappa shape index (κ2) is 50.7. The first-order valence-corrected chi connectivity index (χ1v) is 26.7. The first kappa shape index (κ1) is 59.1. The number of nitrogens with one attached hydrogen (secondary N) is 1. The van der Waals surface area contributed by atoms with E-state index in [1.165, 1.54) is 186 Å². The van der Waals surface area contributed by atoms with E-state index in [0.29, 0.717) is 32.3 Å². The Morgan fingerprint density at radius 2 is 0.836 bits per heavy atom. The van der Waals surface area contributed by atoms with E-state index in [1.807, 2.05) is 6.08 Å². The van der Waals surface area contributed by atoms with Crippen LogP contribution in [-0.2, 0) is 14.3 Å². The van der Waals surface area contributed by atoms with Gasteiger partial charge < -0.3 is 20.3 Å². The molecule has 0 saturated carbocycles. The Morgan fingerprint density at radius 3 is 1.30 bits per heavy atom. The maximum absolute atomic E-state index is 12.4. The van der Waals surface area contributed by atoms with E-state index in [9.17, 15) is 19.8 Å². The molecule has 0 spiro atoms. The van der Waals surface area contributed by atoms with E-state index in [2.05, 4.69) is 49.5 Å². The van der Waals surface area contributed by atoms with Crippen LogP contribution in [0, 0.1) is 0 Å². The van der Waals surface area contributed by atoms with Crippen molar-refractivity contribution in [2.75, 3.05) is 13.2 Å². The van der Waals surface area contributed by atoms with Crippen molar-refractivity contribution in [3.63, 3.8) is 0 Å². The Balaban J connectivity index is 3.56. The minimum absolute atomic E-state index is 0.0257. The number of esters is 1. The number of rotatable bonds is 49. The molecule has 0 heterocycles. The summed E-state index contributed by atoms with van der Waals surface area (Å²) in [6.07, 6.45) is 61.3. The molecule has 2 unspecified atom stereocenters. The molecule has 0 aromatic carbocycles. The lowest BCUT2D eigenvalue weighted by atomic mass is 10.0. The van der Waals surface area contributed by atoms with Gasteiger partial charge in [0.25, 0.3) is 0 Å². The zero-order chi connectivity index (χ0) is 44.4. The van der Waals surface area contributed by atoms with Crippen LogP contribution in [0.3, 0.4) is 0 Å². The highest BCUT2D eigenvalue weighted by atomic mass is 16.5. The van der Waals surface area contributed by atoms with Gasteiger partial charge in [0, 0.05) is 12.8 Å². The van der Waals surface area contributed by atoms with Crippen molar-refractivity contribution in [2.24, 2.45) is 0 Å². The number of aliphatic hydroxyl groups excluding tert-OH is 2. The molecule has 0 rings (SSSR count). The number of unbranched alkanes of at least 4 members (excludes halogenated alkanes) is 32. The van der Waals surface area contributed by atoms with Gasteiger partial charge in [-0.25, -0.2) is 0 Å². The molecule has 0 saturated heterocycles. The summed E-state index contributed by atoms with van der Waals surface area (Å²) in [5.41, 5.74) is 0. The summed E-state index contributed by atoms with van der Waals surface area (Å²) in [6, 6.07) is -0.586. The number of hydrogen-bond donors (Lipinski definition) is 3.